The topological polar surface area (TPSA) is 123 Å². The minimum atomic E-state index is -0.460. The lowest BCUT2D eigenvalue weighted by molar-refractivity contribution is -0.456. The summed E-state index contributed by atoms with van der Waals surface area (Å²) in [5, 5.41) is 11.4. The number of rotatable bonds is 6. The van der Waals surface area contributed by atoms with Crippen LogP contribution in [-0.2, 0) is 0 Å². The van der Waals surface area contributed by atoms with Crippen molar-refractivity contribution in [3.63, 3.8) is 0 Å². The molecule has 1 aromatic heterocycles. The molecular weight excluding hydrogens is 356 g/mol. The number of hydrazine groups is 1. The number of amides is 1. The molecule has 9 heteroatoms. The van der Waals surface area contributed by atoms with Crippen molar-refractivity contribution >= 4 is 28.6 Å². The molecule has 2 aromatic carbocycles. The molecule has 134 valence electrons. The number of nitro groups is 1. The standard InChI is InChI=1S/C17H16N4O4S/c1-25-11-4-2-3-10(7-11)15-13-8-12(26-9-21(23)24)5-6-14(13)19-16(15)17(22)20-18/h2-8,19H,9,18H2,1H3,(H,20,22). The van der Waals surface area contributed by atoms with Crippen molar-refractivity contribution in [3.05, 3.63) is 58.3 Å². The maximum Gasteiger partial charge on any atom is 0.282 e. The van der Waals surface area contributed by atoms with Gasteiger partial charge >= 0.3 is 0 Å². The van der Waals surface area contributed by atoms with Crippen LogP contribution >= 0.6 is 11.8 Å². The van der Waals surface area contributed by atoms with Crippen LogP contribution in [0.2, 0.25) is 0 Å². The number of thioether (sulfide) groups is 1. The molecule has 0 aliphatic carbocycles. The number of aromatic amines is 1. The Kier molecular flexibility index (Phi) is 5.10. The van der Waals surface area contributed by atoms with Gasteiger partial charge in [0.05, 0.1) is 7.11 Å². The maximum atomic E-state index is 12.2. The Morgan fingerprint density at radius 3 is 2.85 bits per heavy atom. The molecule has 1 heterocycles. The predicted octanol–water partition coefficient (Wildman–Crippen LogP) is 2.77. The highest BCUT2D eigenvalue weighted by molar-refractivity contribution is 7.99. The zero-order chi connectivity index (χ0) is 18.7. The monoisotopic (exact) mass is 372 g/mol. The van der Waals surface area contributed by atoms with Crippen LogP contribution in [-0.4, -0.2) is 28.8 Å². The molecule has 0 aliphatic rings. The first-order valence-corrected chi connectivity index (χ1v) is 8.57. The number of aromatic nitrogens is 1. The molecular formula is C17H16N4O4S. The molecule has 8 nitrogen and oxygen atoms in total. The molecule has 0 atom stereocenters. The molecule has 1 amide bonds. The van der Waals surface area contributed by atoms with Crippen molar-refractivity contribution in [1.29, 1.82) is 0 Å². The number of hydrogen-bond acceptors (Lipinski definition) is 6. The van der Waals surface area contributed by atoms with E-state index in [1.165, 1.54) is 0 Å². The van der Waals surface area contributed by atoms with Gasteiger partial charge in [-0.3, -0.25) is 20.3 Å². The number of hydrogen-bond donors (Lipinski definition) is 3. The number of nitrogens with two attached hydrogens (primary N) is 1. The van der Waals surface area contributed by atoms with Crippen molar-refractivity contribution in [2.24, 2.45) is 5.84 Å². The summed E-state index contributed by atoms with van der Waals surface area (Å²) in [6.45, 7) is 0. The van der Waals surface area contributed by atoms with Crippen LogP contribution in [0.3, 0.4) is 0 Å². The molecule has 0 unspecified atom stereocenters. The quantitative estimate of drug-likeness (QED) is 0.153. The van der Waals surface area contributed by atoms with Crippen molar-refractivity contribution in [1.82, 2.24) is 10.4 Å². The molecule has 0 saturated carbocycles. The number of nitrogens with one attached hydrogen (secondary N) is 2. The van der Waals surface area contributed by atoms with Crippen molar-refractivity contribution in [2.75, 3.05) is 13.0 Å². The summed E-state index contributed by atoms with van der Waals surface area (Å²) in [5.74, 6) is 5.27. The third-order valence-electron chi connectivity index (χ3n) is 3.82. The van der Waals surface area contributed by atoms with Crippen molar-refractivity contribution in [2.45, 2.75) is 4.90 Å². The molecule has 4 N–H and O–H groups in total. The zero-order valence-electron chi connectivity index (χ0n) is 13.8. The first-order valence-electron chi connectivity index (χ1n) is 7.59. The molecule has 0 fully saturated rings. The highest BCUT2D eigenvalue weighted by Gasteiger charge is 2.19. The molecule has 0 aliphatic heterocycles. The highest BCUT2D eigenvalue weighted by Crippen LogP contribution is 2.36. The van der Waals surface area contributed by atoms with E-state index in [2.05, 4.69) is 10.4 Å². The largest absolute Gasteiger partial charge is 0.497 e. The Hall–Kier alpha value is -3.04. The van der Waals surface area contributed by atoms with E-state index in [1.807, 2.05) is 24.3 Å². The molecule has 3 aromatic rings. The zero-order valence-corrected chi connectivity index (χ0v) is 14.6. The molecule has 3 rings (SSSR count). The van der Waals surface area contributed by atoms with Gasteiger partial charge in [-0.2, -0.15) is 0 Å². The van der Waals surface area contributed by atoms with Crippen LogP contribution < -0.4 is 16.0 Å². The van der Waals surface area contributed by atoms with Gasteiger partial charge in [-0.25, -0.2) is 5.84 Å². The van der Waals surface area contributed by atoms with E-state index in [0.717, 1.165) is 33.1 Å². The number of nitrogens with zero attached hydrogens (tertiary/aromatic N) is 1. The summed E-state index contributed by atoms with van der Waals surface area (Å²) < 4.78 is 5.27. The Morgan fingerprint density at radius 2 is 2.15 bits per heavy atom. The molecule has 0 saturated heterocycles. The number of carbonyl (C=O) groups excluding carboxylic acids is 1. The minimum Gasteiger partial charge on any atom is -0.497 e. The number of fused-ring (bicyclic) bond motifs is 1. The second-order valence-corrected chi connectivity index (χ2v) is 6.41. The van der Waals surface area contributed by atoms with Gasteiger partial charge in [-0.05, 0) is 47.7 Å². The van der Waals surface area contributed by atoms with Crippen LogP contribution in [0.4, 0.5) is 0 Å². The lowest BCUT2D eigenvalue weighted by Crippen LogP contribution is -2.30. The molecule has 26 heavy (non-hydrogen) atoms. The average Bonchev–Trinajstić information content (AvgIpc) is 3.04. The van der Waals surface area contributed by atoms with Crippen LogP contribution in [0.1, 0.15) is 10.5 Å². The summed E-state index contributed by atoms with van der Waals surface area (Å²) in [6, 6.07) is 12.7. The van der Waals surface area contributed by atoms with Crippen molar-refractivity contribution in [3.8, 4) is 16.9 Å². The van der Waals surface area contributed by atoms with Crippen LogP contribution in [0.15, 0.2) is 47.4 Å². The SMILES string of the molecule is COc1cccc(-c2c(C(=O)NN)[nH]c3ccc(SC[N+](=O)[O-])cc23)c1. The van der Waals surface area contributed by atoms with Gasteiger partial charge in [0.2, 0.25) is 0 Å². The van der Waals surface area contributed by atoms with Gasteiger partial charge in [0, 0.05) is 26.3 Å². The lowest BCUT2D eigenvalue weighted by atomic mass is 10.0. The third kappa shape index (κ3) is 3.48. The summed E-state index contributed by atoms with van der Waals surface area (Å²) in [5.41, 5.74) is 4.61. The number of methoxy groups -OCH3 is 1. The predicted molar refractivity (Wildman–Crippen MR) is 99.7 cm³/mol. The van der Waals surface area contributed by atoms with E-state index < -0.39 is 5.91 Å². The number of nitrogen functional groups attached to an aromatic ring is 1. The number of ether oxygens (including phenoxy) is 1. The smallest absolute Gasteiger partial charge is 0.282 e. The second-order valence-electron chi connectivity index (χ2n) is 5.39. The Morgan fingerprint density at radius 1 is 1.35 bits per heavy atom. The third-order valence-corrected chi connectivity index (χ3v) is 4.75. The van der Waals surface area contributed by atoms with Gasteiger partial charge in [0.1, 0.15) is 11.4 Å². The number of carbonyl (C=O) groups is 1. The summed E-state index contributed by atoms with van der Waals surface area (Å²) in [7, 11) is 1.56. The van der Waals surface area contributed by atoms with E-state index in [0.29, 0.717) is 17.0 Å². The first kappa shape index (κ1) is 17.8. The van der Waals surface area contributed by atoms with E-state index in [-0.39, 0.29) is 10.8 Å². The fraction of sp³-hybridized carbons (Fsp3) is 0.118. The van der Waals surface area contributed by atoms with E-state index in [9.17, 15) is 14.9 Å². The highest BCUT2D eigenvalue weighted by atomic mass is 32.2. The van der Waals surface area contributed by atoms with Gasteiger partial charge in [0.15, 0.2) is 0 Å². The van der Waals surface area contributed by atoms with Gasteiger partial charge in [-0.15, -0.1) is 0 Å². The van der Waals surface area contributed by atoms with E-state index in [4.69, 9.17) is 10.6 Å². The first-order chi connectivity index (χ1) is 12.5. The second kappa shape index (κ2) is 7.46. The van der Waals surface area contributed by atoms with E-state index >= 15 is 0 Å². The molecule has 0 radical (unpaired) electrons. The summed E-state index contributed by atoms with van der Waals surface area (Å²) >= 11 is 1.12. The molecule has 0 bridgehead atoms. The van der Waals surface area contributed by atoms with E-state index in [1.54, 1.807) is 25.3 Å². The average molecular weight is 372 g/mol. The van der Waals surface area contributed by atoms with Crippen LogP contribution in [0.5, 0.6) is 5.75 Å². The maximum absolute atomic E-state index is 12.2. The van der Waals surface area contributed by atoms with Crippen LogP contribution in [0.25, 0.3) is 22.0 Å². The van der Waals surface area contributed by atoms with Gasteiger partial charge in [-0.1, -0.05) is 12.1 Å². The van der Waals surface area contributed by atoms with Gasteiger partial charge < -0.3 is 9.72 Å². The van der Waals surface area contributed by atoms with Crippen LogP contribution in [0, 0.1) is 10.1 Å². The van der Waals surface area contributed by atoms with Crippen molar-refractivity contribution < 1.29 is 14.5 Å². The Balaban J connectivity index is 2.19. The number of benzene rings is 2. The van der Waals surface area contributed by atoms with Gasteiger partial charge in [0.25, 0.3) is 11.8 Å². The Labute approximate surface area is 152 Å². The summed E-state index contributed by atoms with van der Waals surface area (Å²) in [4.78, 5) is 26.3. The number of H-pyrrole nitrogens is 1. The molecule has 0 spiro atoms. The summed E-state index contributed by atoms with van der Waals surface area (Å²) in [6.07, 6.45) is 0. The fourth-order valence-corrected chi connectivity index (χ4v) is 3.33. The lowest BCUT2D eigenvalue weighted by Gasteiger charge is -2.07. The normalized spacial score (nSPS) is 10.7. The Bertz CT molecular complexity index is 986. The minimum absolute atomic E-state index is 0.236. The fourth-order valence-electron chi connectivity index (χ4n) is 2.71.